The second-order valence-corrected chi connectivity index (χ2v) is 5.69. The first-order valence-electron chi connectivity index (χ1n) is 7.35. The summed E-state index contributed by atoms with van der Waals surface area (Å²) in [5.41, 5.74) is 0. The lowest BCUT2D eigenvalue weighted by atomic mass is 9.92. The van der Waals surface area contributed by atoms with Crippen LogP contribution in [-0.4, -0.2) is 30.6 Å². The van der Waals surface area contributed by atoms with Gasteiger partial charge >= 0.3 is 0 Å². The Morgan fingerprint density at radius 3 is 3.00 bits per heavy atom. The van der Waals surface area contributed by atoms with Crippen LogP contribution in [0.4, 0.5) is 0 Å². The molecule has 100 valence electrons. The Hall–Kier alpha value is -0.800. The van der Waals surface area contributed by atoms with Crippen LogP contribution in [0.25, 0.3) is 0 Å². The second-order valence-electron chi connectivity index (χ2n) is 5.69. The molecule has 0 spiro atoms. The largest absolute Gasteiger partial charge is 0.468 e. The van der Waals surface area contributed by atoms with Gasteiger partial charge in [0.2, 0.25) is 0 Å². The molecule has 4 unspecified atom stereocenters. The molecule has 0 aliphatic carbocycles. The van der Waals surface area contributed by atoms with Crippen molar-refractivity contribution in [1.82, 2.24) is 10.2 Å². The minimum atomic E-state index is 0.468. The molecule has 0 radical (unpaired) electrons. The quantitative estimate of drug-likeness (QED) is 0.888. The molecule has 0 aromatic carbocycles. The van der Waals surface area contributed by atoms with Gasteiger partial charge in [-0.15, -0.1) is 0 Å². The lowest BCUT2D eigenvalue weighted by molar-refractivity contribution is 0.133. The first-order valence-corrected chi connectivity index (χ1v) is 7.35. The van der Waals surface area contributed by atoms with E-state index in [2.05, 4.69) is 30.1 Å². The molecule has 3 nitrogen and oxygen atoms in total. The van der Waals surface area contributed by atoms with Crippen molar-refractivity contribution in [3.8, 4) is 0 Å². The van der Waals surface area contributed by atoms with Gasteiger partial charge in [-0.05, 0) is 49.9 Å². The van der Waals surface area contributed by atoms with Crippen molar-refractivity contribution >= 4 is 0 Å². The van der Waals surface area contributed by atoms with Crippen LogP contribution in [0.5, 0.6) is 0 Å². The predicted octanol–water partition coefficient (Wildman–Crippen LogP) is 2.66. The van der Waals surface area contributed by atoms with Crippen molar-refractivity contribution in [2.45, 2.75) is 38.8 Å². The molecule has 2 fully saturated rings. The average Bonchev–Trinajstić information content (AvgIpc) is 3.05. The fourth-order valence-corrected chi connectivity index (χ4v) is 4.03. The lowest BCUT2D eigenvalue weighted by Crippen LogP contribution is -2.37. The van der Waals surface area contributed by atoms with Crippen LogP contribution in [0.1, 0.15) is 38.5 Å². The molecular weight excluding hydrogens is 224 g/mol. The highest BCUT2D eigenvalue weighted by Gasteiger charge is 2.45. The van der Waals surface area contributed by atoms with Crippen LogP contribution in [-0.2, 0) is 0 Å². The zero-order valence-corrected chi connectivity index (χ0v) is 11.4. The Kier molecular flexibility index (Phi) is 3.44. The van der Waals surface area contributed by atoms with Gasteiger partial charge < -0.3 is 9.73 Å². The van der Waals surface area contributed by atoms with Crippen LogP contribution >= 0.6 is 0 Å². The topological polar surface area (TPSA) is 28.4 Å². The van der Waals surface area contributed by atoms with E-state index in [1.165, 1.54) is 26.1 Å². The van der Waals surface area contributed by atoms with E-state index in [0.29, 0.717) is 6.04 Å². The third-order valence-corrected chi connectivity index (χ3v) is 4.83. The number of hydrogen-bond acceptors (Lipinski definition) is 3. The molecule has 3 heteroatoms. The normalized spacial score (nSPS) is 33.8. The Labute approximate surface area is 110 Å². The number of nitrogens with zero attached hydrogens (tertiary/aromatic N) is 1. The van der Waals surface area contributed by atoms with Gasteiger partial charge in [0.15, 0.2) is 0 Å². The highest BCUT2D eigenvalue weighted by atomic mass is 16.3. The van der Waals surface area contributed by atoms with Gasteiger partial charge in [-0.1, -0.05) is 13.8 Å². The monoisotopic (exact) mass is 248 g/mol. The van der Waals surface area contributed by atoms with Gasteiger partial charge in [0.05, 0.1) is 12.3 Å². The van der Waals surface area contributed by atoms with Crippen molar-refractivity contribution in [3.05, 3.63) is 24.2 Å². The van der Waals surface area contributed by atoms with E-state index in [9.17, 15) is 0 Å². The van der Waals surface area contributed by atoms with Gasteiger partial charge in [0, 0.05) is 12.6 Å². The molecule has 1 aromatic rings. The molecule has 0 saturated carbocycles. The second kappa shape index (κ2) is 5.06. The lowest BCUT2D eigenvalue weighted by Gasteiger charge is -2.32. The minimum absolute atomic E-state index is 0.468. The van der Waals surface area contributed by atoms with E-state index in [-0.39, 0.29) is 0 Å². The molecule has 4 atom stereocenters. The molecule has 1 N–H and O–H groups in total. The summed E-state index contributed by atoms with van der Waals surface area (Å²) in [5, 5.41) is 3.55. The number of rotatable bonds is 4. The van der Waals surface area contributed by atoms with Crippen LogP contribution in [0.15, 0.2) is 22.8 Å². The number of hydrogen-bond donors (Lipinski definition) is 1. The minimum Gasteiger partial charge on any atom is -0.468 e. The molecule has 3 rings (SSSR count). The Morgan fingerprint density at radius 1 is 1.44 bits per heavy atom. The maximum Gasteiger partial charge on any atom is 0.120 e. The maximum absolute atomic E-state index is 5.66. The summed E-state index contributed by atoms with van der Waals surface area (Å²) in [6.07, 6.45) is 4.19. The fourth-order valence-electron chi connectivity index (χ4n) is 4.03. The Morgan fingerprint density at radius 2 is 2.33 bits per heavy atom. The molecule has 1 aromatic heterocycles. The van der Waals surface area contributed by atoms with E-state index in [1.54, 1.807) is 6.26 Å². The molecule has 18 heavy (non-hydrogen) atoms. The number of fused-ring (bicyclic) bond motifs is 1. The van der Waals surface area contributed by atoms with E-state index in [1.807, 2.05) is 6.07 Å². The van der Waals surface area contributed by atoms with Crippen LogP contribution in [0.3, 0.4) is 0 Å². The van der Waals surface area contributed by atoms with E-state index < -0.39 is 0 Å². The van der Waals surface area contributed by atoms with Crippen molar-refractivity contribution in [1.29, 1.82) is 0 Å². The predicted molar refractivity (Wildman–Crippen MR) is 72.4 cm³/mol. The number of likely N-dealkylation sites (tertiary alicyclic amines) is 1. The third kappa shape index (κ3) is 1.90. The molecule has 2 aliphatic rings. The molecule has 2 aliphatic heterocycles. The first kappa shape index (κ1) is 12.2. The summed E-state index contributed by atoms with van der Waals surface area (Å²) in [4.78, 5) is 2.70. The van der Waals surface area contributed by atoms with Crippen molar-refractivity contribution in [3.63, 3.8) is 0 Å². The van der Waals surface area contributed by atoms with Crippen LogP contribution in [0.2, 0.25) is 0 Å². The third-order valence-electron chi connectivity index (χ3n) is 4.83. The van der Waals surface area contributed by atoms with Crippen molar-refractivity contribution in [2.24, 2.45) is 11.8 Å². The Bertz CT molecular complexity index is 376. The van der Waals surface area contributed by atoms with E-state index in [4.69, 9.17) is 4.42 Å². The van der Waals surface area contributed by atoms with Crippen molar-refractivity contribution in [2.75, 3.05) is 19.6 Å². The zero-order valence-electron chi connectivity index (χ0n) is 11.4. The summed E-state index contributed by atoms with van der Waals surface area (Å²) in [6.45, 7) is 8.23. The molecule has 2 saturated heterocycles. The number of nitrogens with one attached hydrogen (secondary N) is 1. The van der Waals surface area contributed by atoms with Crippen LogP contribution in [0, 0.1) is 11.8 Å². The summed E-state index contributed by atoms with van der Waals surface area (Å²) in [5.74, 6) is 2.84. The van der Waals surface area contributed by atoms with Gasteiger partial charge in [-0.2, -0.15) is 0 Å². The molecule has 3 heterocycles. The van der Waals surface area contributed by atoms with Gasteiger partial charge in [0.25, 0.3) is 0 Å². The standard InChI is InChI=1S/C15H24N2O/c1-3-13-12-9-16-8-11(12)10-17(13)14(4-2)15-6-5-7-18-15/h5-7,11-14,16H,3-4,8-10H2,1-2H3. The van der Waals surface area contributed by atoms with Gasteiger partial charge in [-0.25, -0.2) is 0 Å². The highest BCUT2D eigenvalue weighted by Crippen LogP contribution is 2.40. The Balaban J connectivity index is 1.82. The van der Waals surface area contributed by atoms with Gasteiger partial charge in [0.1, 0.15) is 5.76 Å². The molecule has 0 amide bonds. The van der Waals surface area contributed by atoms with E-state index >= 15 is 0 Å². The maximum atomic E-state index is 5.66. The first-order chi connectivity index (χ1) is 8.85. The fraction of sp³-hybridized carbons (Fsp3) is 0.733. The smallest absolute Gasteiger partial charge is 0.120 e. The zero-order chi connectivity index (χ0) is 12.5. The summed E-state index contributed by atoms with van der Waals surface area (Å²) < 4.78 is 5.66. The van der Waals surface area contributed by atoms with E-state index in [0.717, 1.165) is 30.1 Å². The summed E-state index contributed by atoms with van der Waals surface area (Å²) in [6, 6.07) is 5.33. The van der Waals surface area contributed by atoms with Crippen molar-refractivity contribution < 1.29 is 4.42 Å². The SMILES string of the molecule is CCC(c1ccco1)N1CC2CNCC2C1CC. The molecular formula is C15H24N2O. The average molecular weight is 248 g/mol. The van der Waals surface area contributed by atoms with Crippen LogP contribution < -0.4 is 5.32 Å². The summed E-state index contributed by atoms with van der Waals surface area (Å²) in [7, 11) is 0. The highest BCUT2D eigenvalue weighted by molar-refractivity contribution is 5.09. The van der Waals surface area contributed by atoms with Gasteiger partial charge in [-0.3, -0.25) is 4.90 Å². The summed E-state index contributed by atoms with van der Waals surface area (Å²) >= 11 is 0. The number of furan rings is 1. The molecule has 0 bridgehead atoms.